The Kier molecular flexibility index (Phi) is 5.84. The molecule has 1 aliphatic carbocycles. The average molecular weight is 332 g/mol. The van der Waals surface area contributed by atoms with Crippen molar-refractivity contribution < 1.29 is 35.0 Å². The Morgan fingerprint density at radius 1 is 1.26 bits per heavy atom. The van der Waals surface area contributed by atoms with Gasteiger partial charge in [0.2, 0.25) is 0 Å². The highest BCUT2D eigenvalue weighted by atomic mass is 16.7. The molecule has 0 bridgehead atoms. The van der Waals surface area contributed by atoms with E-state index < -0.39 is 49.0 Å². The smallest absolute Gasteiger partial charge is 0.187 e. The van der Waals surface area contributed by atoms with Crippen LogP contribution in [0.1, 0.15) is 33.6 Å². The van der Waals surface area contributed by atoms with Crippen LogP contribution in [0.25, 0.3) is 0 Å². The van der Waals surface area contributed by atoms with E-state index in [4.69, 9.17) is 9.47 Å². The molecule has 1 heterocycles. The fourth-order valence-corrected chi connectivity index (χ4v) is 2.99. The molecule has 7 heteroatoms. The summed E-state index contributed by atoms with van der Waals surface area (Å²) in [6.45, 7) is 5.24. The lowest BCUT2D eigenvalue weighted by atomic mass is 9.80. The van der Waals surface area contributed by atoms with Crippen LogP contribution >= 0.6 is 0 Å². The predicted molar refractivity (Wildman–Crippen MR) is 81.4 cm³/mol. The van der Waals surface area contributed by atoms with Crippen molar-refractivity contribution in [3.8, 4) is 0 Å². The number of aliphatic hydroxyl groups excluding tert-OH is 4. The van der Waals surface area contributed by atoms with Crippen LogP contribution in [-0.2, 0) is 9.47 Å². The third-order valence-electron chi connectivity index (χ3n) is 4.78. The maximum Gasteiger partial charge on any atom is 0.187 e. The van der Waals surface area contributed by atoms with Crippen LogP contribution in [0.4, 0.5) is 0 Å². The van der Waals surface area contributed by atoms with Crippen molar-refractivity contribution in [1.29, 1.82) is 0 Å². The summed E-state index contributed by atoms with van der Waals surface area (Å²) in [5, 5.41) is 49.4. The van der Waals surface area contributed by atoms with E-state index in [1.54, 1.807) is 6.92 Å². The minimum Gasteiger partial charge on any atom is -0.394 e. The van der Waals surface area contributed by atoms with Crippen LogP contribution in [0, 0.1) is 5.92 Å². The molecule has 0 spiro atoms. The zero-order chi connectivity index (χ0) is 17.4. The van der Waals surface area contributed by atoms with E-state index in [1.165, 1.54) is 0 Å². The first-order valence-electron chi connectivity index (χ1n) is 8.04. The first-order chi connectivity index (χ1) is 10.7. The van der Waals surface area contributed by atoms with Gasteiger partial charge in [-0.2, -0.15) is 0 Å². The molecule has 0 aromatic heterocycles. The van der Waals surface area contributed by atoms with Crippen molar-refractivity contribution in [3.05, 3.63) is 11.6 Å². The zero-order valence-corrected chi connectivity index (χ0v) is 13.8. The van der Waals surface area contributed by atoms with Gasteiger partial charge in [0.15, 0.2) is 6.29 Å². The van der Waals surface area contributed by atoms with E-state index >= 15 is 0 Å². The van der Waals surface area contributed by atoms with Crippen molar-refractivity contribution in [2.45, 2.75) is 76.0 Å². The van der Waals surface area contributed by atoms with E-state index in [1.807, 2.05) is 6.08 Å². The third-order valence-corrected chi connectivity index (χ3v) is 4.78. The van der Waals surface area contributed by atoms with Gasteiger partial charge in [0, 0.05) is 0 Å². The Morgan fingerprint density at radius 2 is 1.91 bits per heavy atom. The summed E-state index contributed by atoms with van der Waals surface area (Å²) in [5.74, 6) is 0.312. The molecule has 0 amide bonds. The average Bonchev–Trinajstić information content (AvgIpc) is 2.49. The number of ether oxygens (including phenoxy) is 2. The van der Waals surface area contributed by atoms with Gasteiger partial charge in [0.1, 0.15) is 24.4 Å². The van der Waals surface area contributed by atoms with Crippen LogP contribution in [0.3, 0.4) is 0 Å². The molecule has 23 heavy (non-hydrogen) atoms. The van der Waals surface area contributed by atoms with Crippen LogP contribution in [-0.4, -0.2) is 74.6 Å². The molecule has 0 radical (unpaired) electrons. The summed E-state index contributed by atoms with van der Waals surface area (Å²) in [6, 6.07) is 0. The molecule has 1 aliphatic heterocycles. The molecule has 0 aromatic carbocycles. The predicted octanol–water partition coefficient (Wildman–Crippen LogP) is -0.701. The Morgan fingerprint density at radius 3 is 2.48 bits per heavy atom. The second-order valence-corrected chi connectivity index (χ2v) is 7.02. The quantitative estimate of drug-likeness (QED) is 0.432. The molecule has 7 atom stereocenters. The van der Waals surface area contributed by atoms with Gasteiger partial charge in [0.25, 0.3) is 0 Å². The van der Waals surface area contributed by atoms with Crippen LogP contribution in [0.5, 0.6) is 0 Å². The Hall–Kier alpha value is -0.540. The van der Waals surface area contributed by atoms with E-state index in [0.29, 0.717) is 18.8 Å². The largest absolute Gasteiger partial charge is 0.394 e. The van der Waals surface area contributed by atoms with Gasteiger partial charge in [-0.25, -0.2) is 0 Å². The van der Waals surface area contributed by atoms with Gasteiger partial charge in [-0.3, -0.25) is 0 Å². The first kappa shape index (κ1) is 18.8. The van der Waals surface area contributed by atoms with Gasteiger partial charge in [-0.15, -0.1) is 0 Å². The summed E-state index contributed by atoms with van der Waals surface area (Å²) >= 11 is 0. The molecule has 0 saturated carbocycles. The monoisotopic (exact) mass is 332 g/mol. The summed E-state index contributed by atoms with van der Waals surface area (Å²) in [5.41, 5.74) is 0.0168. The Labute approximate surface area is 136 Å². The van der Waals surface area contributed by atoms with Crippen molar-refractivity contribution in [1.82, 2.24) is 0 Å². The van der Waals surface area contributed by atoms with Crippen LogP contribution in [0.2, 0.25) is 0 Å². The standard InChI is InChI=1S/C16H28O7/c1-8(2)9-4-5-16(3,21)11(6-9)23-15-14(20)13(19)12(18)10(7-17)22-15/h4,8,10-15,17-21H,5-7H2,1-3H3/t10-,11-,12-,13+,14-,15+,16-/m0/s1. The highest BCUT2D eigenvalue weighted by molar-refractivity contribution is 5.15. The van der Waals surface area contributed by atoms with Crippen molar-refractivity contribution in [2.75, 3.05) is 6.61 Å². The van der Waals surface area contributed by atoms with E-state index in [9.17, 15) is 25.5 Å². The Balaban J connectivity index is 2.11. The summed E-state index contributed by atoms with van der Waals surface area (Å²) in [7, 11) is 0. The summed E-state index contributed by atoms with van der Waals surface area (Å²) in [4.78, 5) is 0. The number of aliphatic hydroxyl groups is 5. The van der Waals surface area contributed by atoms with Crippen LogP contribution in [0.15, 0.2) is 11.6 Å². The SMILES string of the molecule is CC(C)C1=CC[C@](C)(O)[C@@H](O[C@H]2O[C@@H](CO)[C@H](O)[C@@H](O)[C@@H]2O)C1. The van der Waals surface area contributed by atoms with Gasteiger partial charge < -0.3 is 35.0 Å². The zero-order valence-electron chi connectivity index (χ0n) is 13.8. The molecule has 7 nitrogen and oxygen atoms in total. The molecule has 0 unspecified atom stereocenters. The van der Waals surface area contributed by atoms with Gasteiger partial charge in [0.05, 0.1) is 18.3 Å². The minimum atomic E-state index is -1.49. The lowest BCUT2D eigenvalue weighted by Gasteiger charge is -2.44. The molecule has 1 saturated heterocycles. The fraction of sp³-hybridized carbons (Fsp3) is 0.875. The minimum absolute atomic E-state index is 0.312. The van der Waals surface area contributed by atoms with E-state index in [0.717, 1.165) is 5.57 Å². The van der Waals surface area contributed by atoms with Crippen LogP contribution < -0.4 is 0 Å². The molecular weight excluding hydrogens is 304 g/mol. The molecule has 134 valence electrons. The van der Waals surface area contributed by atoms with Crippen molar-refractivity contribution in [2.24, 2.45) is 5.92 Å². The molecule has 1 fully saturated rings. The highest BCUT2D eigenvalue weighted by Crippen LogP contribution is 2.35. The number of hydrogen-bond acceptors (Lipinski definition) is 7. The molecule has 5 N–H and O–H groups in total. The van der Waals surface area contributed by atoms with Crippen molar-refractivity contribution in [3.63, 3.8) is 0 Å². The highest BCUT2D eigenvalue weighted by Gasteiger charge is 2.47. The first-order valence-corrected chi connectivity index (χ1v) is 8.04. The second-order valence-electron chi connectivity index (χ2n) is 7.02. The maximum absolute atomic E-state index is 10.5. The Bertz CT molecular complexity index is 432. The summed E-state index contributed by atoms with van der Waals surface area (Å²) < 4.78 is 11.1. The van der Waals surface area contributed by atoms with E-state index in [-0.39, 0.29) is 0 Å². The normalized spacial score (nSPS) is 45.2. The maximum atomic E-state index is 10.5. The molecule has 2 aliphatic rings. The second kappa shape index (κ2) is 7.14. The van der Waals surface area contributed by atoms with E-state index in [2.05, 4.69) is 13.8 Å². The van der Waals surface area contributed by atoms with Crippen molar-refractivity contribution >= 4 is 0 Å². The van der Waals surface area contributed by atoms with Gasteiger partial charge >= 0.3 is 0 Å². The lowest BCUT2D eigenvalue weighted by molar-refractivity contribution is -0.323. The fourth-order valence-electron chi connectivity index (χ4n) is 2.99. The molecule has 2 rings (SSSR count). The van der Waals surface area contributed by atoms with Gasteiger partial charge in [-0.05, 0) is 25.7 Å². The third kappa shape index (κ3) is 3.93. The molecular formula is C16H28O7. The topological polar surface area (TPSA) is 120 Å². The lowest BCUT2D eigenvalue weighted by Crippen LogP contribution is -2.61. The number of rotatable bonds is 4. The molecule has 0 aromatic rings. The summed E-state index contributed by atoms with van der Waals surface area (Å²) in [6.07, 6.45) is -4.34. The van der Waals surface area contributed by atoms with Gasteiger partial charge in [-0.1, -0.05) is 25.5 Å². The number of hydrogen-bond donors (Lipinski definition) is 5.